The lowest BCUT2D eigenvalue weighted by Gasteiger charge is -2.33. The van der Waals surface area contributed by atoms with Crippen molar-refractivity contribution in [2.24, 2.45) is 5.41 Å². The Morgan fingerprint density at radius 2 is 2.00 bits per heavy atom. The number of aromatic nitrogens is 2. The van der Waals surface area contributed by atoms with Gasteiger partial charge in [0, 0.05) is 10.3 Å². The second kappa shape index (κ2) is 4.82. The molecule has 1 fully saturated rings. The third-order valence-electron chi connectivity index (χ3n) is 4.37. The minimum atomic E-state index is 0.487. The Hall–Kier alpha value is -1.47. The van der Waals surface area contributed by atoms with Gasteiger partial charge in [0.2, 0.25) is 0 Å². The molecule has 2 heterocycles. The molecule has 4 heteroatoms. The molecule has 0 saturated heterocycles. The van der Waals surface area contributed by atoms with E-state index in [-0.39, 0.29) is 0 Å². The summed E-state index contributed by atoms with van der Waals surface area (Å²) in [7, 11) is 0. The third kappa shape index (κ3) is 2.43. The van der Waals surface area contributed by atoms with E-state index in [1.807, 2.05) is 6.92 Å². The first-order chi connectivity index (χ1) is 9.48. The van der Waals surface area contributed by atoms with Crippen LogP contribution in [0.3, 0.4) is 0 Å². The molecule has 0 unspecified atom stereocenters. The van der Waals surface area contributed by atoms with Crippen LogP contribution in [0.25, 0.3) is 10.2 Å². The molecule has 1 saturated carbocycles. The zero-order valence-corrected chi connectivity index (χ0v) is 13.0. The minimum absolute atomic E-state index is 0.487. The fraction of sp³-hybridized carbons (Fsp3) is 0.562. The topological polar surface area (TPSA) is 49.6 Å². The van der Waals surface area contributed by atoms with Gasteiger partial charge in [0.15, 0.2) is 5.69 Å². The quantitative estimate of drug-likeness (QED) is 0.772. The Morgan fingerprint density at radius 1 is 1.30 bits per heavy atom. The van der Waals surface area contributed by atoms with Crippen molar-refractivity contribution < 1.29 is 0 Å². The van der Waals surface area contributed by atoms with Crippen LogP contribution in [0.4, 0.5) is 0 Å². The number of nitriles is 1. The summed E-state index contributed by atoms with van der Waals surface area (Å²) in [5.74, 6) is 1.32. The van der Waals surface area contributed by atoms with E-state index in [9.17, 15) is 5.26 Å². The molecule has 0 spiro atoms. The number of thiophene rings is 1. The maximum Gasteiger partial charge on any atom is 0.152 e. The Kier molecular flexibility index (Phi) is 3.25. The molecule has 104 valence electrons. The Balaban J connectivity index is 1.96. The van der Waals surface area contributed by atoms with E-state index >= 15 is 0 Å². The molecular weight excluding hydrogens is 266 g/mol. The lowest BCUT2D eigenvalue weighted by atomic mass is 9.73. The first kappa shape index (κ1) is 13.5. The molecule has 3 rings (SSSR count). The largest absolute Gasteiger partial charge is 0.222 e. The molecule has 0 aliphatic heterocycles. The highest BCUT2D eigenvalue weighted by Crippen LogP contribution is 2.45. The summed E-state index contributed by atoms with van der Waals surface area (Å²) in [6, 6.07) is 4.35. The van der Waals surface area contributed by atoms with Crippen molar-refractivity contribution >= 4 is 21.6 Å². The third-order valence-corrected chi connectivity index (χ3v) is 5.56. The minimum Gasteiger partial charge on any atom is -0.222 e. The molecule has 0 aromatic carbocycles. The summed E-state index contributed by atoms with van der Waals surface area (Å²) in [6.07, 6.45) is 5.05. The smallest absolute Gasteiger partial charge is 0.152 e. The standard InChI is InChI=1S/C16H19N3S/c1-10-18-13(9-17)12-8-14(20-15(12)19-10)11-4-6-16(2,3)7-5-11/h8,11H,4-7H2,1-3H3. The van der Waals surface area contributed by atoms with Gasteiger partial charge in [-0.25, -0.2) is 9.97 Å². The molecule has 20 heavy (non-hydrogen) atoms. The van der Waals surface area contributed by atoms with Crippen LogP contribution >= 0.6 is 11.3 Å². The van der Waals surface area contributed by atoms with E-state index < -0.39 is 0 Å². The molecule has 0 amide bonds. The second-order valence-corrected chi connectivity index (χ2v) is 7.60. The fourth-order valence-electron chi connectivity index (χ4n) is 3.02. The number of rotatable bonds is 1. The summed E-state index contributed by atoms with van der Waals surface area (Å²) in [5.41, 5.74) is 1.01. The average molecular weight is 285 g/mol. The van der Waals surface area contributed by atoms with Crippen molar-refractivity contribution in [1.82, 2.24) is 9.97 Å². The molecule has 1 aliphatic carbocycles. The SMILES string of the molecule is Cc1nc(C#N)c2cc(C3CCC(C)(C)CC3)sc2n1. The van der Waals surface area contributed by atoms with Crippen LogP contribution in [0.2, 0.25) is 0 Å². The lowest BCUT2D eigenvalue weighted by Crippen LogP contribution is -2.19. The van der Waals surface area contributed by atoms with E-state index in [0.29, 0.717) is 22.9 Å². The maximum absolute atomic E-state index is 9.21. The van der Waals surface area contributed by atoms with Crippen LogP contribution in [0, 0.1) is 23.7 Å². The van der Waals surface area contributed by atoms with Gasteiger partial charge in [0.25, 0.3) is 0 Å². The highest BCUT2D eigenvalue weighted by Gasteiger charge is 2.28. The van der Waals surface area contributed by atoms with E-state index in [4.69, 9.17) is 0 Å². The first-order valence-electron chi connectivity index (χ1n) is 7.17. The molecular formula is C16H19N3S. The van der Waals surface area contributed by atoms with Gasteiger partial charge in [-0.2, -0.15) is 5.26 Å². The molecule has 1 aliphatic rings. The Bertz CT molecular complexity index is 684. The highest BCUT2D eigenvalue weighted by atomic mass is 32.1. The zero-order chi connectivity index (χ0) is 14.3. The van der Waals surface area contributed by atoms with E-state index in [1.165, 1.54) is 30.6 Å². The van der Waals surface area contributed by atoms with Crippen LogP contribution in [0.1, 0.15) is 61.8 Å². The van der Waals surface area contributed by atoms with Crippen LogP contribution in [0.5, 0.6) is 0 Å². The number of fused-ring (bicyclic) bond motifs is 1. The van der Waals surface area contributed by atoms with Gasteiger partial charge < -0.3 is 0 Å². The molecule has 0 radical (unpaired) electrons. The van der Waals surface area contributed by atoms with Crippen molar-refractivity contribution in [2.75, 3.05) is 0 Å². The molecule has 3 nitrogen and oxygen atoms in total. The van der Waals surface area contributed by atoms with Crippen molar-refractivity contribution in [1.29, 1.82) is 5.26 Å². The molecule has 0 bridgehead atoms. The number of nitrogens with zero attached hydrogens (tertiary/aromatic N) is 3. The summed E-state index contributed by atoms with van der Waals surface area (Å²) in [5, 5.41) is 10.1. The lowest BCUT2D eigenvalue weighted by molar-refractivity contribution is 0.226. The van der Waals surface area contributed by atoms with Crippen molar-refractivity contribution in [3.8, 4) is 6.07 Å². The summed E-state index contributed by atoms with van der Waals surface area (Å²) in [6.45, 7) is 6.57. The zero-order valence-electron chi connectivity index (χ0n) is 12.2. The van der Waals surface area contributed by atoms with Gasteiger partial charge in [-0.15, -0.1) is 11.3 Å². The van der Waals surface area contributed by atoms with Gasteiger partial charge in [-0.1, -0.05) is 13.8 Å². The van der Waals surface area contributed by atoms with Crippen molar-refractivity contribution in [3.05, 3.63) is 22.5 Å². The van der Waals surface area contributed by atoms with Gasteiger partial charge in [-0.3, -0.25) is 0 Å². The molecule has 0 atom stereocenters. The van der Waals surface area contributed by atoms with E-state index in [1.54, 1.807) is 11.3 Å². The average Bonchev–Trinajstić information content (AvgIpc) is 2.81. The predicted octanol–water partition coefficient (Wildman–Crippen LogP) is 4.56. The maximum atomic E-state index is 9.21. The molecule has 0 N–H and O–H groups in total. The number of hydrogen-bond acceptors (Lipinski definition) is 4. The van der Waals surface area contributed by atoms with Gasteiger partial charge in [0.05, 0.1) is 0 Å². The monoisotopic (exact) mass is 285 g/mol. The van der Waals surface area contributed by atoms with Crippen LogP contribution in [0.15, 0.2) is 6.07 Å². The van der Waals surface area contributed by atoms with Crippen LogP contribution in [-0.2, 0) is 0 Å². The van der Waals surface area contributed by atoms with Gasteiger partial charge >= 0.3 is 0 Å². The Morgan fingerprint density at radius 3 is 2.65 bits per heavy atom. The van der Waals surface area contributed by atoms with Crippen LogP contribution in [-0.4, -0.2) is 9.97 Å². The summed E-state index contributed by atoms with van der Waals surface area (Å²) >= 11 is 1.75. The van der Waals surface area contributed by atoms with Gasteiger partial charge in [0.1, 0.15) is 16.7 Å². The number of hydrogen-bond donors (Lipinski definition) is 0. The van der Waals surface area contributed by atoms with Crippen LogP contribution < -0.4 is 0 Å². The normalized spacial score (nSPS) is 19.1. The second-order valence-electron chi connectivity index (χ2n) is 6.54. The summed E-state index contributed by atoms with van der Waals surface area (Å²) in [4.78, 5) is 11.1. The van der Waals surface area contributed by atoms with Gasteiger partial charge in [-0.05, 0) is 50.0 Å². The summed E-state index contributed by atoms with van der Waals surface area (Å²) < 4.78 is 0. The predicted molar refractivity (Wildman–Crippen MR) is 81.9 cm³/mol. The van der Waals surface area contributed by atoms with Crippen molar-refractivity contribution in [2.45, 2.75) is 52.4 Å². The molecule has 2 aromatic heterocycles. The Labute approximate surface area is 123 Å². The number of aryl methyl sites for hydroxylation is 1. The first-order valence-corrected chi connectivity index (χ1v) is 7.98. The fourth-order valence-corrected chi connectivity index (χ4v) is 4.26. The highest BCUT2D eigenvalue weighted by molar-refractivity contribution is 7.18. The van der Waals surface area contributed by atoms with E-state index in [2.05, 4.69) is 36.0 Å². The van der Waals surface area contributed by atoms with Crippen molar-refractivity contribution in [3.63, 3.8) is 0 Å². The molecule has 2 aromatic rings. The van der Waals surface area contributed by atoms with E-state index in [0.717, 1.165) is 10.2 Å².